The van der Waals surface area contributed by atoms with Crippen LogP contribution in [0.4, 0.5) is 17.1 Å². The van der Waals surface area contributed by atoms with E-state index in [2.05, 4.69) is 73.3 Å². The van der Waals surface area contributed by atoms with Crippen molar-refractivity contribution in [1.29, 1.82) is 0 Å². The summed E-state index contributed by atoms with van der Waals surface area (Å²) in [7, 11) is -4.45. The molecule has 0 radical (unpaired) electrons. The molecule has 0 aromatic heterocycles. The number of anilines is 2. The van der Waals surface area contributed by atoms with Crippen LogP contribution < -0.4 is 14.9 Å². The third-order valence-corrected chi connectivity index (χ3v) is 14.3. The van der Waals surface area contributed by atoms with Crippen molar-refractivity contribution in [3.8, 4) is 11.1 Å². The molecule has 0 aliphatic carbocycles. The van der Waals surface area contributed by atoms with Gasteiger partial charge in [-0.25, -0.2) is 13.1 Å². The van der Waals surface area contributed by atoms with Gasteiger partial charge in [0.2, 0.25) is 0 Å². The number of nitrogens with one attached hydrogen (secondary N) is 2. The zero-order valence-corrected chi connectivity index (χ0v) is 37.1. The van der Waals surface area contributed by atoms with Crippen LogP contribution in [-0.4, -0.2) is 99.9 Å². The molecule has 0 saturated carbocycles. The minimum atomic E-state index is -4.45. The number of nitro benzene ring substituents is 1. The Kier molecular flexibility index (Phi) is 14.3. The van der Waals surface area contributed by atoms with Crippen molar-refractivity contribution >= 4 is 67.1 Å². The van der Waals surface area contributed by atoms with Crippen LogP contribution in [0.25, 0.3) is 21.9 Å². The minimum Gasteiger partial charge on any atom is -0.379 e. The second-order valence-corrected chi connectivity index (χ2v) is 18.9. The van der Waals surface area contributed by atoms with Gasteiger partial charge in [-0.2, -0.15) is 0 Å². The Morgan fingerprint density at radius 2 is 1.52 bits per heavy atom. The van der Waals surface area contributed by atoms with Gasteiger partial charge in [-0.15, -0.1) is 11.8 Å². The van der Waals surface area contributed by atoms with Crippen LogP contribution in [0.15, 0.2) is 143 Å². The highest BCUT2D eigenvalue weighted by Gasteiger charge is 2.26. The lowest BCUT2D eigenvalue weighted by Crippen LogP contribution is -2.46. The molecular weight excluding hydrogens is 856 g/mol. The van der Waals surface area contributed by atoms with Crippen molar-refractivity contribution in [1.82, 2.24) is 14.5 Å². The number of nitrogens with zero attached hydrogens (tertiary/aromatic N) is 4. The van der Waals surface area contributed by atoms with E-state index < -0.39 is 26.5 Å². The van der Waals surface area contributed by atoms with Crippen LogP contribution >= 0.6 is 23.4 Å². The topological polar surface area (TPSA) is 137 Å². The first-order valence-electron chi connectivity index (χ1n) is 21.0. The molecule has 2 N–H and O–H groups in total. The summed E-state index contributed by atoms with van der Waals surface area (Å²) in [6, 6.07) is 41.1. The average Bonchev–Trinajstić information content (AvgIpc) is 3.31. The standard InChI is InChI=1S/C48H49ClN6O6S2/c49-39-16-12-36(13-17-39)47-38(11-10-35-6-4-5-9-44(35)47)33-53-24-26-54(27-25-53)41-18-14-37(15-19-41)48(56)51-63(59,60)43-20-21-45(46(32-43)55(57)58)50-40(22-23-52-28-30-61-31-29-52)34-62-42-7-2-1-3-8-42/h1-21,32,40,50H,22-31,33-34H2,(H,51,56)/t40-/m1/s1. The fraction of sp³-hybridized carbons (Fsp3) is 0.271. The van der Waals surface area contributed by atoms with Gasteiger partial charge in [-0.3, -0.25) is 24.7 Å². The number of carbonyl (C=O) groups is 1. The molecule has 12 nitrogen and oxygen atoms in total. The molecule has 15 heteroatoms. The van der Waals surface area contributed by atoms with Crippen LogP contribution in [0.5, 0.6) is 0 Å². The number of piperazine rings is 1. The molecule has 2 saturated heterocycles. The molecule has 2 fully saturated rings. The summed E-state index contributed by atoms with van der Waals surface area (Å²) in [5, 5.41) is 18.8. The van der Waals surface area contributed by atoms with Gasteiger partial charge in [-0.05, 0) is 94.5 Å². The van der Waals surface area contributed by atoms with Gasteiger partial charge in [0.1, 0.15) is 5.69 Å². The summed E-state index contributed by atoms with van der Waals surface area (Å²) in [5.41, 5.74) is 4.47. The molecule has 0 bridgehead atoms. The van der Waals surface area contributed by atoms with Crippen LogP contribution in [0.2, 0.25) is 5.02 Å². The van der Waals surface area contributed by atoms with E-state index in [1.807, 2.05) is 54.6 Å². The number of morpholine rings is 1. The Morgan fingerprint density at radius 1 is 0.810 bits per heavy atom. The molecule has 2 heterocycles. The lowest BCUT2D eigenvalue weighted by Gasteiger charge is -2.36. The highest BCUT2D eigenvalue weighted by atomic mass is 35.5. The summed E-state index contributed by atoms with van der Waals surface area (Å²) < 4.78 is 34.6. The van der Waals surface area contributed by atoms with Gasteiger partial charge in [-0.1, -0.05) is 78.3 Å². The molecule has 1 atom stereocenters. The molecule has 8 rings (SSSR count). The maximum Gasteiger partial charge on any atom is 0.293 e. The van der Waals surface area contributed by atoms with Gasteiger partial charge in [0, 0.05) is 91.4 Å². The smallest absolute Gasteiger partial charge is 0.293 e. The quantitative estimate of drug-likeness (QED) is 0.0548. The summed E-state index contributed by atoms with van der Waals surface area (Å²) in [4.78, 5) is 32.7. The molecule has 6 aromatic carbocycles. The van der Waals surface area contributed by atoms with Crippen molar-refractivity contribution in [3.05, 3.63) is 160 Å². The number of benzene rings is 6. The van der Waals surface area contributed by atoms with Crippen molar-refractivity contribution in [2.45, 2.75) is 28.8 Å². The zero-order valence-electron chi connectivity index (χ0n) is 34.7. The van der Waals surface area contributed by atoms with Gasteiger partial charge >= 0.3 is 0 Å². The van der Waals surface area contributed by atoms with E-state index >= 15 is 0 Å². The third kappa shape index (κ3) is 11.2. The number of thioether (sulfide) groups is 1. The van der Waals surface area contributed by atoms with E-state index in [0.717, 1.165) is 74.6 Å². The molecule has 6 aromatic rings. The summed E-state index contributed by atoms with van der Waals surface area (Å²) in [6.45, 7) is 7.74. The Balaban J connectivity index is 0.890. The van der Waals surface area contributed by atoms with Gasteiger partial charge < -0.3 is 15.0 Å². The maximum absolute atomic E-state index is 13.5. The molecule has 0 spiro atoms. The molecule has 2 aliphatic rings. The van der Waals surface area contributed by atoms with E-state index in [4.69, 9.17) is 16.3 Å². The zero-order chi connectivity index (χ0) is 43.8. The number of halogens is 1. The second kappa shape index (κ2) is 20.4. The number of sulfonamides is 1. The predicted octanol–water partition coefficient (Wildman–Crippen LogP) is 8.80. The number of carbonyl (C=O) groups excluding carboxylic acids is 1. The van der Waals surface area contributed by atoms with E-state index in [0.29, 0.717) is 30.4 Å². The van der Waals surface area contributed by atoms with Crippen LogP contribution in [0.1, 0.15) is 22.3 Å². The van der Waals surface area contributed by atoms with Crippen LogP contribution in [0, 0.1) is 10.1 Å². The monoisotopic (exact) mass is 904 g/mol. The highest BCUT2D eigenvalue weighted by Crippen LogP contribution is 2.35. The first kappa shape index (κ1) is 44.1. The number of amides is 1. The van der Waals surface area contributed by atoms with Crippen molar-refractivity contribution in [2.75, 3.05) is 75.0 Å². The predicted molar refractivity (Wildman–Crippen MR) is 253 cm³/mol. The molecular formula is C48H49ClN6O6S2. The molecule has 0 unspecified atom stereocenters. The largest absolute Gasteiger partial charge is 0.379 e. The minimum absolute atomic E-state index is 0.152. The van der Waals surface area contributed by atoms with Crippen molar-refractivity contribution in [2.24, 2.45) is 0 Å². The molecule has 326 valence electrons. The Hall–Kier alpha value is -5.48. The van der Waals surface area contributed by atoms with E-state index in [9.17, 15) is 23.3 Å². The second-order valence-electron chi connectivity index (χ2n) is 15.7. The first-order chi connectivity index (χ1) is 30.6. The first-order valence-corrected chi connectivity index (χ1v) is 23.9. The Bertz CT molecular complexity index is 2640. The number of rotatable bonds is 16. The molecule has 63 heavy (non-hydrogen) atoms. The number of hydrogen-bond donors (Lipinski definition) is 2. The number of fused-ring (bicyclic) bond motifs is 1. The average molecular weight is 906 g/mol. The SMILES string of the molecule is O=C(NS(=O)(=O)c1ccc(N[C@H](CCN2CCOCC2)CSc2ccccc2)c([N+](=O)[O-])c1)c1ccc(N2CCN(Cc3ccc4ccccc4c3-c3ccc(Cl)cc3)CC2)cc1. The van der Waals surface area contributed by atoms with E-state index in [-0.39, 0.29) is 22.2 Å². The Morgan fingerprint density at radius 3 is 2.25 bits per heavy atom. The number of ether oxygens (including phenoxy) is 1. The van der Waals surface area contributed by atoms with Crippen molar-refractivity contribution < 1.29 is 22.9 Å². The normalized spacial score (nSPS) is 15.5. The van der Waals surface area contributed by atoms with Gasteiger partial charge in [0.15, 0.2) is 0 Å². The Labute approximate surface area is 377 Å². The maximum atomic E-state index is 13.5. The summed E-state index contributed by atoms with van der Waals surface area (Å²) in [6.07, 6.45) is 0.709. The molecule has 1 amide bonds. The lowest BCUT2D eigenvalue weighted by molar-refractivity contribution is -0.384. The fourth-order valence-electron chi connectivity index (χ4n) is 8.12. The molecule has 2 aliphatic heterocycles. The van der Waals surface area contributed by atoms with Gasteiger partial charge in [0.25, 0.3) is 21.6 Å². The van der Waals surface area contributed by atoms with Crippen molar-refractivity contribution in [3.63, 3.8) is 0 Å². The number of nitro groups is 1. The lowest BCUT2D eigenvalue weighted by atomic mass is 9.93. The van der Waals surface area contributed by atoms with Crippen LogP contribution in [-0.2, 0) is 21.3 Å². The van der Waals surface area contributed by atoms with E-state index in [1.54, 1.807) is 23.9 Å². The highest BCUT2D eigenvalue weighted by molar-refractivity contribution is 7.99. The van der Waals surface area contributed by atoms with E-state index in [1.165, 1.54) is 34.0 Å². The van der Waals surface area contributed by atoms with Crippen LogP contribution in [0.3, 0.4) is 0 Å². The third-order valence-electron chi connectivity index (χ3n) is 11.6. The fourth-order valence-corrected chi connectivity index (χ4v) is 10.2. The van der Waals surface area contributed by atoms with Gasteiger partial charge in [0.05, 0.1) is 23.0 Å². The summed E-state index contributed by atoms with van der Waals surface area (Å²) in [5.74, 6) is -0.195. The number of hydrogen-bond acceptors (Lipinski definition) is 11. The summed E-state index contributed by atoms with van der Waals surface area (Å²) >= 11 is 7.88.